The first-order valence-corrected chi connectivity index (χ1v) is 7.50. The number of nitrogen functional groups attached to an aromatic ring is 1. The molecule has 2 unspecified atom stereocenters. The second-order valence-electron chi connectivity index (χ2n) is 5.87. The molecule has 2 N–H and O–H groups in total. The summed E-state index contributed by atoms with van der Waals surface area (Å²) in [5.74, 6) is 0.602. The number of rotatable bonds is 2. The number of aromatic nitrogens is 4. The van der Waals surface area contributed by atoms with Gasteiger partial charge in [0.05, 0.1) is 11.6 Å². The van der Waals surface area contributed by atoms with Crippen LogP contribution in [0.4, 0.5) is 10.1 Å². The van der Waals surface area contributed by atoms with Crippen LogP contribution in [0.25, 0.3) is 11.4 Å². The SMILES string of the molecule is CC1CCCCCC1n1nnnc1-c1ccc(N)cc1F. The molecule has 1 aliphatic carbocycles. The van der Waals surface area contributed by atoms with Gasteiger partial charge in [0, 0.05) is 5.69 Å². The van der Waals surface area contributed by atoms with Crippen molar-refractivity contribution in [3.63, 3.8) is 0 Å². The fourth-order valence-corrected chi connectivity index (χ4v) is 3.14. The zero-order valence-electron chi connectivity index (χ0n) is 12.2. The molecule has 1 aliphatic rings. The molecule has 0 bridgehead atoms. The van der Waals surface area contributed by atoms with Gasteiger partial charge in [0.15, 0.2) is 5.82 Å². The highest BCUT2D eigenvalue weighted by atomic mass is 19.1. The second-order valence-corrected chi connectivity index (χ2v) is 5.87. The van der Waals surface area contributed by atoms with Gasteiger partial charge in [0.2, 0.25) is 0 Å². The third-order valence-electron chi connectivity index (χ3n) is 4.36. The summed E-state index contributed by atoms with van der Waals surface area (Å²) in [6, 6.07) is 4.86. The number of nitrogens with two attached hydrogens (primary N) is 1. The van der Waals surface area contributed by atoms with E-state index in [2.05, 4.69) is 22.4 Å². The number of nitrogens with zero attached hydrogens (tertiary/aromatic N) is 4. The summed E-state index contributed by atoms with van der Waals surface area (Å²) in [7, 11) is 0. The average Bonchev–Trinajstić information content (AvgIpc) is 2.81. The van der Waals surface area contributed by atoms with Gasteiger partial charge in [-0.05, 0) is 47.4 Å². The van der Waals surface area contributed by atoms with Crippen molar-refractivity contribution in [2.75, 3.05) is 5.73 Å². The van der Waals surface area contributed by atoms with E-state index in [9.17, 15) is 4.39 Å². The fourth-order valence-electron chi connectivity index (χ4n) is 3.14. The Morgan fingerprint density at radius 2 is 2.05 bits per heavy atom. The summed E-state index contributed by atoms with van der Waals surface area (Å²) >= 11 is 0. The van der Waals surface area contributed by atoms with E-state index in [-0.39, 0.29) is 11.9 Å². The summed E-state index contributed by atoms with van der Waals surface area (Å²) in [6.07, 6.45) is 5.85. The van der Waals surface area contributed by atoms with Crippen LogP contribution in [0.5, 0.6) is 0 Å². The lowest BCUT2D eigenvalue weighted by Crippen LogP contribution is -2.19. The third kappa shape index (κ3) is 2.75. The van der Waals surface area contributed by atoms with Crippen LogP contribution in [0.15, 0.2) is 18.2 Å². The van der Waals surface area contributed by atoms with Gasteiger partial charge >= 0.3 is 0 Å². The number of hydrogen-bond acceptors (Lipinski definition) is 4. The predicted octanol–water partition coefficient (Wildman–Crippen LogP) is 3.20. The maximum absolute atomic E-state index is 14.1. The molecule has 1 saturated carbocycles. The van der Waals surface area contributed by atoms with Gasteiger partial charge in [-0.25, -0.2) is 9.07 Å². The van der Waals surface area contributed by atoms with Crippen LogP contribution >= 0.6 is 0 Å². The summed E-state index contributed by atoms with van der Waals surface area (Å²) in [5.41, 5.74) is 6.42. The minimum atomic E-state index is -0.382. The second kappa shape index (κ2) is 5.79. The van der Waals surface area contributed by atoms with E-state index in [1.54, 1.807) is 16.8 Å². The Hall–Kier alpha value is -1.98. The van der Waals surface area contributed by atoms with Crippen molar-refractivity contribution >= 4 is 5.69 Å². The van der Waals surface area contributed by atoms with Crippen LogP contribution in [0.3, 0.4) is 0 Å². The standard InChI is InChI=1S/C15H20FN5/c1-10-5-3-2-4-6-14(10)21-15(18-19-20-21)12-8-7-11(17)9-13(12)16/h7-10,14H,2-6,17H2,1H3. The first-order valence-electron chi connectivity index (χ1n) is 7.50. The molecule has 112 valence electrons. The van der Waals surface area contributed by atoms with E-state index in [1.165, 1.54) is 25.3 Å². The lowest BCUT2D eigenvalue weighted by Gasteiger charge is -2.22. The Balaban J connectivity index is 2.00. The molecule has 0 radical (unpaired) electrons. The number of halogens is 1. The minimum absolute atomic E-state index is 0.231. The largest absolute Gasteiger partial charge is 0.399 e. The normalized spacial score (nSPS) is 23.0. The summed E-state index contributed by atoms with van der Waals surface area (Å²) in [4.78, 5) is 0. The average molecular weight is 289 g/mol. The highest BCUT2D eigenvalue weighted by Gasteiger charge is 2.26. The molecule has 6 heteroatoms. The monoisotopic (exact) mass is 289 g/mol. The van der Waals surface area contributed by atoms with Crippen molar-refractivity contribution in [1.29, 1.82) is 0 Å². The maximum Gasteiger partial charge on any atom is 0.185 e. The van der Waals surface area contributed by atoms with Crippen molar-refractivity contribution in [1.82, 2.24) is 20.2 Å². The van der Waals surface area contributed by atoms with E-state index < -0.39 is 0 Å². The lowest BCUT2D eigenvalue weighted by atomic mass is 9.97. The molecular formula is C15H20FN5. The Morgan fingerprint density at radius 1 is 1.24 bits per heavy atom. The van der Waals surface area contributed by atoms with Crippen molar-refractivity contribution < 1.29 is 4.39 Å². The Bertz CT molecular complexity index is 624. The van der Waals surface area contributed by atoms with E-state index in [4.69, 9.17) is 5.73 Å². The molecule has 3 rings (SSSR count). The molecule has 2 atom stereocenters. The number of tetrazole rings is 1. The first kappa shape index (κ1) is 14.0. The molecule has 21 heavy (non-hydrogen) atoms. The predicted molar refractivity (Wildman–Crippen MR) is 78.9 cm³/mol. The molecule has 1 fully saturated rings. The molecule has 5 nitrogen and oxygen atoms in total. The number of benzene rings is 1. The van der Waals surface area contributed by atoms with Gasteiger partial charge in [-0.3, -0.25) is 0 Å². The van der Waals surface area contributed by atoms with E-state index in [1.807, 2.05) is 0 Å². The summed E-state index contributed by atoms with van der Waals surface area (Å²) < 4.78 is 15.9. The van der Waals surface area contributed by atoms with Crippen LogP contribution in [0.2, 0.25) is 0 Å². The summed E-state index contributed by atoms with van der Waals surface area (Å²) in [5, 5.41) is 11.9. The molecular weight excluding hydrogens is 269 g/mol. The van der Waals surface area contributed by atoms with Crippen molar-refractivity contribution in [3.8, 4) is 11.4 Å². The van der Waals surface area contributed by atoms with Gasteiger partial charge in [0.1, 0.15) is 5.82 Å². The fraction of sp³-hybridized carbons (Fsp3) is 0.533. The van der Waals surface area contributed by atoms with Crippen molar-refractivity contribution in [2.24, 2.45) is 5.92 Å². The maximum atomic E-state index is 14.1. The molecule has 1 aromatic carbocycles. The minimum Gasteiger partial charge on any atom is -0.399 e. The Kier molecular flexibility index (Phi) is 3.86. The van der Waals surface area contributed by atoms with Gasteiger partial charge in [0.25, 0.3) is 0 Å². The Morgan fingerprint density at radius 3 is 2.86 bits per heavy atom. The highest BCUT2D eigenvalue weighted by Crippen LogP contribution is 2.34. The molecule has 0 aliphatic heterocycles. The number of anilines is 1. The van der Waals surface area contributed by atoms with Crippen LogP contribution in [-0.4, -0.2) is 20.2 Å². The van der Waals surface area contributed by atoms with E-state index in [0.29, 0.717) is 23.0 Å². The van der Waals surface area contributed by atoms with Gasteiger partial charge in [-0.2, -0.15) is 0 Å². The summed E-state index contributed by atoms with van der Waals surface area (Å²) in [6.45, 7) is 2.22. The molecule has 0 amide bonds. The van der Waals surface area contributed by atoms with Crippen LogP contribution < -0.4 is 5.73 Å². The van der Waals surface area contributed by atoms with Crippen LogP contribution in [0.1, 0.15) is 45.1 Å². The first-order chi connectivity index (χ1) is 10.2. The van der Waals surface area contributed by atoms with Crippen LogP contribution in [-0.2, 0) is 0 Å². The molecule has 1 heterocycles. The highest BCUT2D eigenvalue weighted by molar-refractivity contribution is 5.59. The Labute approximate surface area is 123 Å². The zero-order valence-corrected chi connectivity index (χ0v) is 12.2. The zero-order chi connectivity index (χ0) is 14.8. The number of hydrogen-bond donors (Lipinski definition) is 1. The molecule has 0 saturated heterocycles. The smallest absolute Gasteiger partial charge is 0.185 e. The van der Waals surface area contributed by atoms with Crippen molar-refractivity contribution in [3.05, 3.63) is 24.0 Å². The molecule has 1 aromatic heterocycles. The van der Waals surface area contributed by atoms with Gasteiger partial charge in [-0.15, -0.1) is 5.10 Å². The molecule has 2 aromatic rings. The topological polar surface area (TPSA) is 69.6 Å². The van der Waals surface area contributed by atoms with Gasteiger partial charge in [-0.1, -0.05) is 26.2 Å². The molecule has 0 spiro atoms. The van der Waals surface area contributed by atoms with E-state index in [0.717, 1.165) is 12.8 Å². The van der Waals surface area contributed by atoms with Crippen LogP contribution in [0, 0.1) is 11.7 Å². The van der Waals surface area contributed by atoms with Gasteiger partial charge < -0.3 is 5.73 Å². The third-order valence-corrected chi connectivity index (χ3v) is 4.36. The van der Waals surface area contributed by atoms with E-state index >= 15 is 0 Å². The quantitative estimate of drug-likeness (QED) is 0.681. The van der Waals surface area contributed by atoms with Crippen molar-refractivity contribution in [2.45, 2.75) is 45.1 Å². The lowest BCUT2D eigenvalue weighted by molar-refractivity contribution is 0.306.